The van der Waals surface area contributed by atoms with E-state index in [0.717, 1.165) is 35.9 Å². The zero-order chi connectivity index (χ0) is 18.7. The molecular formula is C22H29N5O. The van der Waals surface area contributed by atoms with Crippen molar-refractivity contribution in [1.82, 2.24) is 24.3 Å². The predicted octanol–water partition coefficient (Wildman–Crippen LogP) is 3.59. The van der Waals surface area contributed by atoms with Crippen molar-refractivity contribution < 1.29 is 4.74 Å². The molecule has 0 aromatic carbocycles. The largest absolute Gasteiger partial charge is 0.378 e. The van der Waals surface area contributed by atoms with E-state index in [-0.39, 0.29) is 0 Å². The van der Waals surface area contributed by atoms with Crippen LogP contribution in [0, 0.1) is 11.8 Å². The van der Waals surface area contributed by atoms with Crippen molar-refractivity contribution in [3.8, 4) is 0 Å². The summed E-state index contributed by atoms with van der Waals surface area (Å²) in [5.41, 5.74) is 4.38. The minimum atomic E-state index is 0.546. The summed E-state index contributed by atoms with van der Waals surface area (Å²) in [4.78, 5) is 15.2. The standard InChI is InChI=1S/C22H29N5O/c1-14-8-16(26(17-12-28-13-17)7-5-15-2-3-15)9-18(14)20-10-24-21-11-25-22-19(27(20)21)4-6-23-22/h4,6,10-11,14-18,23H,2-3,5,7-9,12-13H2,1H3/t14-,16+,18+/m1/s1. The number of aromatic amines is 1. The molecule has 0 unspecified atom stereocenters. The van der Waals surface area contributed by atoms with Gasteiger partial charge in [0.25, 0.3) is 0 Å². The summed E-state index contributed by atoms with van der Waals surface area (Å²) in [6.07, 6.45) is 12.7. The molecule has 3 fully saturated rings. The van der Waals surface area contributed by atoms with Gasteiger partial charge in [0.05, 0.1) is 31.0 Å². The van der Waals surface area contributed by atoms with Crippen LogP contribution in [0.4, 0.5) is 0 Å². The maximum Gasteiger partial charge on any atom is 0.156 e. The number of fused-ring (bicyclic) bond motifs is 3. The van der Waals surface area contributed by atoms with Crippen LogP contribution in [-0.4, -0.2) is 56.1 Å². The second-order valence-corrected chi connectivity index (χ2v) is 9.22. The molecule has 1 saturated heterocycles. The summed E-state index contributed by atoms with van der Waals surface area (Å²) in [6.45, 7) is 5.52. The Bertz CT molecular complexity index is 985. The molecule has 148 valence electrons. The third-order valence-corrected chi connectivity index (χ3v) is 7.36. The Labute approximate surface area is 165 Å². The van der Waals surface area contributed by atoms with Gasteiger partial charge >= 0.3 is 0 Å². The van der Waals surface area contributed by atoms with Crippen molar-refractivity contribution in [2.75, 3.05) is 19.8 Å². The van der Waals surface area contributed by atoms with E-state index in [1.54, 1.807) is 0 Å². The van der Waals surface area contributed by atoms with E-state index in [0.29, 0.717) is 23.9 Å². The molecule has 2 saturated carbocycles. The third kappa shape index (κ3) is 2.77. The minimum absolute atomic E-state index is 0.546. The summed E-state index contributed by atoms with van der Waals surface area (Å²) in [5, 5.41) is 0. The van der Waals surface area contributed by atoms with Gasteiger partial charge in [-0.1, -0.05) is 19.8 Å². The lowest BCUT2D eigenvalue weighted by atomic mass is 9.95. The molecule has 0 radical (unpaired) electrons. The SMILES string of the molecule is C[C@@H]1C[C@H](N(CCC2CC2)C2COC2)C[C@@H]1c1cnc2cnc3[nH]ccc3n12. The monoisotopic (exact) mass is 379 g/mol. The maximum atomic E-state index is 5.55. The molecule has 3 aromatic heterocycles. The highest BCUT2D eigenvalue weighted by atomic mass is 16.5. The number of hydrogen-bond donors (Lipinski definition) is 1. The van der Waals surface area contributed by atoms with Gasteiger partial charge in [-0.2, -0.15) is 0 Å². The Morgan fingerprint density at radius 1 is 1.18 bits per heavy atom. The average molecular weight is 380 g/mol. The molecule has 3 aliphatic rings. The highest BCUT2D eigenvalue weighted by Gasteiger charge is 2.41. The molecule has 2 aliphatic carbocycles. The number of nitrogens with zero attached hydrogens (tertiary/aromatic N) is 4. The zero-order valence-electron chi connectivity index (χ0n) is 16.6. The molecule has 1 N–H and O–H groups in total. The Morgan fingerprint density at radius 3 is 2.86 bits per heavy atom. The number of aromatic nitrogens is 4. The predicted molar refractivity (Wildman–Crippen MR) is 108 cm³/mol. The summed E-state index contributed by atoms with van der Waals surface area (Å²) in [5.74, 6) is 2.20. The lowest BCUT2D eigenvalue weighted by Crippen LogP contribution is -2.53. The molecule has 4 heterocycles. The average Bonchev–Trinajstić information content (AvgIpc) is 3.03. The third-order valence-electron chi connectivity index (χ3n) is 7.36. The smallest absolute Gasteiger partial charge is 0.156 e. The molecule has 6 nitrogen and oxygen atoms in total. The first-order valence-electron chi connectivity index (χ1n) is 10.9. The van der Waals surface area contributed by atoms with Gasteiger partial charge in [0.1, 0.15) is 0 Å². The molecule has 6 heteroatoms. The first kappa shape index (κ1) is 17.0. The zero-order valence-corrected chi connectivity index (χ0v) is 16.6. The van der Waals surface area contributed by atoms with E-state index in [1.165, 1.54) is 44.3 Å². The van der Waals surface area contributed by atoms with Crippen molar-refractivity contribution in [3.05, 3.63) is 30.4 Å². The van der Waals surface area contributed by atoms with Crippen molar-refractivity contribution in [2.24, 2.45) is 11.8 Å². The number of rotatable bonds is 6. The van der Waals surface area contributed by atoms with Crippen molar-refractivity contribution in [1.29, 1.82) is 0 Å². The van der Waals surface area contributed by atoms with Crippen LogP contribution in [-0.2, 0) is 4.74 Å². The first-order valence-corrected chi connectivity index (χ1v) is 10.9. The van der Waals surface area contributed by atoms with Gasteiger partial charge in [-0.3, -0.25) is 9.30 Å². The fraction of sp³-hybridized carbons (Fsp3) is 0.636. The molecule has 0 spiro atoms. The van der Waals surface area contributed by atoms with Crippen LogP contribution in [0.1, 0.15) is 50.6 Å². The molecule has 0 bridgehead atoms. The van der Waals surface area contributed by atoms with E-state index in [1.807, 2.05) is 12.4 Å². The number of H-pyrrole nitrogens is 1. The topological polar surface area (TPSA) is 58.5 Å². The van der Waals surface area contributed by atoms with Crippen LogP contribution in [0.15, 0.2) is 24.7 Å². The van der Waals surface area contributed by atoms with Gasteiger partial charge in [-0.15, -0.1) is 0 Å². The highest BCUT2D eigenvalue weighted by Crippen LogP contribution is 2.43. The Kier molecular flexibility index (Phi) is 3.98. The van der Waals surface area contributed by atoms with Gasteiger partial charge in [-0.25, -0.2) is 9.97 Å². The van der Waals surface area contributed by atoms with Gasteiger partial charge in [0, 0.05) is 30.0 Å². The van der Waals surface area contributed by atoms with Crippen molar-refractivity contribution in [3.63, 3.8) is 0 Å². The number of imidazole rings is 1. The summed E-state index contributed by atoms with van der Waals surface area (Å²) in [7, 11) is 0. The second kappa shape index (κ2) is 6.56. The van der Waals surface area contributed by atoms with Crippen LogP contribution in [0.3, 0.4) is 0 Å². The Balaban J connectivity index is 1.30. The van der Waals surface area contributed by atoms with E-state index in [4.69, 9.17) is 4.74 Å². The summed E-state index contributed by atoms with van der Waals surface area (Å²) < 4.78 is 7.88. The fourth-order valence-corrected chi connectivity index (χ4v) is 5.47. The quantitative estimate of drug-likeness (QED) is 0.711. The van der Waals surface area contributed by atoms with Crippen LogP contribution < -0.4 is 0 Å². The molecular weight excluding hydrogens is 350 g/mol. The second-order valence-electron chi connectivity index (χ2n) is 9.22. The Morgan fingerprint density at radius 2 is 2.07 bits per heavy atom. The molecule has 0 amide bonds. The van der Waals surface area contributed by atoms with E-state index in [2.05, 4.69) is 43.4 Å². The van der Waals surface area contributed by atoms with Gasteiger partial charge in [-0.05, 0) is 43.7 Å². The number of ether oxygens (including phenoxy) is 1. The van der Waals surface area contributed by atoms with Crippen LogP contribution >= 0.6 is 0 Å². The van der Waals surface area contributed by atoms with Crippen molar-refractivity contribution in [2.45, 2.75) is 57.0 Å². The van der Waals surface area contributed by atoms with Gasteiger partial charge < -0.3 is 9.72 Å². The van der Waals surface area contributed by atoms with Gasteiger partial charge in [0.15, 0.2) is 11.3 Å². The molecule has 6 rings (SSSR count). The molecule has 1 aliphatic heterocycles. The van der Waals surface area contributed by atoms with Crippen LogP contribution in [0.5, 0.6) is 0 Å². The van der Waals surface area contributed by atoms with Crippen LogP contribution in [0.2, 0.25) is 0 Å². The number of hydrogen-bond acceptors (Lipinski definition) is 4. The Hall–Kier alpha value is -1.92. The minimum Gasteiger partial charge on any atom is -0.378 e. The van der Waals surface area contributed by atoms with E-state index in [9.17, 15) is 0 Å². The van der Waals surface area contributed by atoms with Crippen LogP contribution in [0.25, 0.3) is 16.8 Å². The molecule has 3 aromatic rings. The normalized spacial score (nSPS) is 28.6. The molecule has 28 heavy (non-hydrogen) atoms. The fourth-order valence-electron chi connectivity index (χ4n) is 5.47. The van der Waals surface area contributed by atoms with Gasteiger partial charge in [0.2, 0.25) is 0 Å². The number of nitrogens with one attached hydrogen (secondary N) is 1. The summed E-state index contributed by atoms with van der Waals surface area (Å²) >= 11 is 0. The lowest BCUT2D eigenvalue weighted by molar-refractivity contribution is -0.0798. The first-order chi connectivity index (χ1) is 13.8. The highest BCUT2D eigenvalue weighted by molar-refractivity contribution is 5.74. The maximum absolute atomic E-state index is 5.55. The summed E-state index contributed by atoms with van der Waals surface area (Å²) in [6, 6.07) is 3.42. The van der Waals surface area contributed by atoms with Crippen molar-refractivity contribution >= 4 is 16.8 Å². The molecule has 3 atom stereocenters. The van der Waals surface area contributed by atoms with E-state index >= 15 is 0 Å². The van der Waals surface area contributed by atoms with E-state index < -0.39 is 0 Å². The lowest BCUT2D eigenvalue weighted by Gasteiger charge is -2.41.